The summed E-state index contributed by atoms with van der Waals surface area (Å²) in [5.74, 6) is -1.33. The lowest BCUT2D eigenvalue weighted by Crippen LogP contribution is -2.21. The van der Waals surface area contributed by atoms with Crippen molar-refractivity contribution in [2.75, 3.05) is 17.2 Å². The fraction of sp³-hybridized carbons (Fsp3) is 0.273. The number of rotatable bonds is 9. The minimum atomic E-state index is -0.546. The maximum absolute atomic E-state index is 12.0. The van der Waals surface area contributed by atoms with Crippen LogP contribution in [0.2, 0.25) is 0 Å². The Morgan fingerprint density at radius 2 is 1.52 bits per heavy atom. The van der Waals surface area contributed by atoms with E-state index in [9.17, 15) is 19.2 Å². The normalized spacial score (nSPS) is 10.1. The molecule has 2 rings (SSSR count). The first-order chi connectivity index (χ1) is 13.8. The van der Waals surface area contributed by atoms with Crippen LogP contribution in [0.4, 0.5) is 11.4 Å². The average molecular weight is 396 g/mol. The summed E-state index contributed by atoms with van der Waals surface area (Å²) in [4.78, 5) is 46.9. The molecule has 0 saturated carbocycles. The zero-order valence-electron chi connectivity index (χ0n) is 16.5. The number of carbonyl (C=O) groups excluding carboxylic acids is 4. The van der Waals surface area contributed by atoms with E-state index in [0.29, 0.717) is 16.9 Å². The van der Waals surface area contributed by atoms with Gasteiger partial charge in [0.05, 0.1) is 0 Å². The monoisotopic (exact) mass is 396 g/mol. The predicted octanol–water partition coefficient (Wildman–Crippen LogP) is 3.49. The lowest BCUT2D eigenvalue weighted by atomic mass is 10.1. The van der Waals surface area contributed by atoms with E-state index in [1.165, 1.54) is 6.92 Å². The Balaban J connectivity index is 1.66. The standard InChI is InChI=1S/C22H24N2O5/c1-15-6-3-8-18(12-15)24-21(27)14-29-22(28)11-5-10-20(26)23-19-9-4-7-17(13-19)16(2)25/h3-4,6-9,12-13H,5,10-11,14H2,1-2H3,(H,23,26)(H,24,27). The lowest BCUT2D eigenvalue weighted by molar-refractivity contribution is -0.147. The van der Waals surface area contributed by atoms with Gasteiger partial charge in [0.1, 0.15) is 0 Å². The number of anilines is 2. The number of ketones is 1. The molecule has 0 atom stereocenters. The van der Waals surface area contributed by atoms with Gasteiger partial charge in [-0.05, 0) is 50.1 Å². The van der Waals surface area contributed by atoms with E-state index in [-0.39, 0.29) is 37.6 Å². The molecule has 0 aromatic heterocycles. The molecule has 2 amide bonds. The molecule has 29 heavy (non-hydrogen) atoms. The van der Waals surface area contributed by atoms with Gasteiger partial charge in [-0.25, -0.2) is 0 Å². The van der Waals surface area contributed by atoms with Crippen molar-refractivity contribution in [1.82, 2.24) is 0 Å². The van der Waals surface area contributed by atoms with E-state index in [1.54, 1.807) is 30.3 Å². The SMILES string of the molecule is CC(=O)c1cccc(NC(=O)CCCC(=O)OCC(=O)Nc2cccc(C)c2)c1. The molecule has 2 N–H and O–H groups in total. The maximum Gasteiger partial charge on any atom is 0.306 e. The van der Waals surface area contributed by atoms with Gasteiger partial charge in [-0.1, -0.05) is 24.3 Å². The van der Waals surface area contributed by atoms with Crippen LogP contribution in [0.1, 0.15) is 42.1 Å². The van der Waals surface area contributed by atoms with Crippen LogP contribution in [0.25, 0.3) is 0 Å². The fourth-order valence-corrected chi connectivity index (χ4v) is 2.57. The Bertz CT molecular complexity index is 908. The first-order valence-electron chi connectivity index (χ1n) is 9.26. The van der Waals surface area contributed by atoms with Crippen molar-refractivity contribution in [2.45, 2.75) is 33.1 Å². The molecule has 0 fully saturated rings. The highest BCUT2D eigenvalue weighted by molar-refractivity contribution is 5.97. The van der Waals surface area contributed by atoms with E-state index in [4.69, 9.17) is 4.74 Å². The van der Waals surface area contributed by atoms with Crippen molar-refractivity contribution in [3.05, 3.63) is 59.7 Å². The van der Waals surface area contributed by atoms with Crippen LogP contribution in [-0.2, 0) is 19.1 Å². The highest BCUT2D eigenvalue weighted by Gasteiger charge is 2.10. The largest absolute Gasteiger partial charge is 0.456 e. The number of Topliss-reactive ketones (excluding diaryl/α,β-unsaturated/α-hetero) is 1. The molecule has 2 aromatic carbocycles. The third-order valence-corrected chi connectivity index (χ3v) is 4.00. The predicted molar refractivity (Wildman–Crippen MR) is 110 cm³/mol. The summed E-state index contributed by atoms with van der Waals surface area (Å²) in [6, 6.07) is 13.9. The summed E-state index contributed by atoms with van der Waals surface area (Å²) < 4.78 is 4.93. The highest BCUT2D eigenvalue weighted by atomic mass is 16.5. The quantitative estimate of drug-likeness (QED) is 0.499. The number of ether oxygens (including phenoxy) is 1. The van der Waals surface area contributed by atoms with Crippen molar-refractivity contribution in [3.63, 3.8) is 0 Å². The minimum absolute atomic E-state index is 0.0264. The summed E-state index contributed by atoms with van der Waals surface area (Å²) >= 11 is 0. The maximum atomic E-state index is 12.0. The second-order valence-electron chi connectivity index (χ2n) is 6.62. The van der Waals surface area contributed by atoms with Gasteiger partial charge in [0.25, 0.3) is 5.91 Å². The van der Waals surface area contributed by atoms with Crippen LogP contribution in [0, 0.1) is 6.92 Å². The number of esters is 1. The third kappa shape index (κ3) is 7.96. The van der Waals surface area contributed by atoms with Gasteiger partial charge < -0.3 is 15.4 Å². The van der Waals surface area contributed by atoms with Crippen LogP contribution in [0.3, 0.4) is 0 Å². The zero-order valence-corrected chi connectivity index (χ0v) is 16.5. The summed E-state index contributed by atoms with van der Waals surface area (Å²) in [6.45, 7) is 2.98. The molecule has 0 unspecified atom stereocenters. The molecule has 0 saturated heterocycles. The molecule has 0 aliphatic heterocycles. The van der Waals surface area contributed by atoms with Crippen LogP contribution < -0.4 is 10.6 Å². The number of benzene rings is 2. The Kier molecular flexibility index (Phi) is 8.09. The molecule has 7 nitrogen and oxygen atoms in total. The van der Waals surface area contributed by atoms with Crippen LogP contribution >= 0.6 is 0 Å². The summed E-state index contributed by atoms with van der Waals surface area (Å²) in [6.07, 6.45) is 0.435. The van der Waals surface area contributed by atoms with Crippen molar-refractivity contribution in [1.29, 1.82) is 0 Å². The van der Waals surface area contributed by atoms with Crippen molar-refractivity contribution >= 4 is 34.9 Å². The highest BCUT2D eigenvalue weighted by Crippen LogP contribution is 2.12. The second kappa shape index (κ2) is 10.8. The number of nitrogens with one attached hydrogen (secondary N) is 2. The smallest absolute Gasteiger partial charge is 0.306 e. The lowest BCUT2D eigenvalue weighted by Gasteiger charge is -2.08. The second-order valence-corrected chi connectivity index (χ2v) is 6.62. The number of amides is 2. The van der Waals surface area contributed by atoms with Gasteiger partial charge in [-0.2, -0.15) is 0 Å². The Morgan fingerprint density at radius 1 is 0.862 bits per heavy atom. The van der Waals surface area contributed by atoms with E-state index < -0.39 is 11.9 Å². The van der Waals surface area contributed by atoms with Crippen LogP contribution in [-0.4, -0.2) is 30.2 Å². The minimum Gasteiger partial charge on any atom is -0.456 e. The van der Waals surface area contributed by atoms with Crippen molar-refractivity contribution in [2.24, 2.45) is 0 Å². The Labute approximate surface area is 169 Å². The molecule has 0 aliphatic carbocycles. The summed E-state index contributed by atoms with van der Waals surface area (Å²) in [5, 5.41) is 5.33. The Morgan fingerprint density at radius 3 is 2.21 bits per heavy atom. The fourth-order valence-electron chi connectivity index (χ4n) is 2.57. The Hall–Kier alpha value is -3.48. The van der Waals surface area contributed by atoms with Crippen molar-refractivity contribution < 1.29 is 23.9 Å². The molecule has 0 radical (unpaired) electrons. The average Bonchev–Trinajstić information content (AvgIpc) is 2.66. The summed E-state index contributed by atoms with van der Waals surface area (Å²) in [7, 11) is 0. The molecular formula is C22H24N2O5. The summed E-state index contributed by atoms with van der Waals surface area (Å²) in [5.41, 5.74) is 2.68. The third-order valence-electron chi connectivity index (χ3n) is 4.00. The molecule has 152 valence electrons. The molecule has 0 heterocycles. The first kappa shape index (κ1) is 21.8. The first-order valence-corrected chi connectivity index (χ1v) is 9.26. The number of hydrogen-bond acceptors (Lipinski definition) is 5. The van der Waals surface area contributed by atoms with Gasteiger partial charge in [0.2, 0.25) is 5.91 Å². The van der Waals surface area contributed by atoms with E-state index in [2.05, 4.69) is 10.6 Å². The van der Waals surface area contributed by atoms with Gasteiger partial charge in [0.15, 0.2) is 12.4 Å². The van der Waals surface area contributed by atoms with Gasteiger partial charge in [0, 0.05) is 29.8 Å². The molecule has 0 aliphatic rings. The topological polar surface area (TPSA) is 102 Å². The number of aryl methyl sites for hydroxylation is 1. The van der Waals surface area contributed by atoms with E-state index in [1.807, 2.05) is 25.1 Å². The van der Waals surface area contributed by atoms with Gasteiger partial charge >= 0.3 is 5.97 Å². The van der Waals surface area contributed by atoms with Gasteiger partial charge in [-0.3, -0.25) is 19.2 Å². The van der Waals surface area contributed by atoms with E-state index in [0.717, 1.165) is 5.56 Å². The zero-order chi connectivity index (χ0) is 21.2. The number of carbonyl (C=O) groups is 4. The van der Waals surface area contributed by atoms with Crippen molar-refractivity contribution in [3.8, 4) is 0 Å². The molecule has 2 aromatic rings. The van der Waals surface area contributed by atoms with Crippen LogP contribution in [0.15, 0.2) is 48.5 Å². The van der Waals surface area contributed by atoms with Gasteiger partial charge in [-0.15, -0.1) is 0 Å². The van der Waals surface area contributed by atoms with Crippen LogP contribution in [0.5, 0.6) is 0 Å². The molecule has 0 spiro atoms. The van der Waals surface area contributed by atoms with E-state index >= 15 is 0 Å². The molecular weight excluding hydrogens is 372 g/mol. The molecule has 7 heteroatoms. The number of hydrogen-bond donors (Lipinski definition) is 2. The molecule has 0 bridgehead atoms.